The second-order valence-corrected chi connectivity index (χ2v) is 6.72. The number of carbonyl (C=O) groups excluding carboxylic acids is 1. The molecule has 1 amide bonds. The third-order valence-corrected chi connectivity index (χ3v) is 5.15. The molecule has 1 fully saturated rings. The van der Waals surface area contributed by atoms with Gasteiger partial charge in [0.2, 0.25) is 0 Å². The lowest BCUT2D eigenvalue weighted by atomic mass is 9.78. The number of rotatable bonds is 3. The Morgan fingerprint density at radius 1 is 1.28 bits per heavy atom. The van der Waals surface area contributed by atoms with Crippen molar-refractivity contribution in [2.45, 2.75) is 32.2 Å². The third-order valence-electron chi connectivity index (χ3n) is 5.15. The van der Waals surface area contributed by atoms with Crippen molar-refractivity contribution in [3.05, 3.63) is 59.4 Å². The molecule has 1 aromatic rings. The van der Waals surface area contributed by atoms with Crippen LogP contribution in [0.2, 0.25) is 0 Å². The first-order chi connectivity index (χ1) is 12.0. The average Bonchev–Trinajstić information content (AvgIpc) is 2.61. The number of allylic oxidation sites excluding steroid dienone is 3. The van der Waals surface area contributed by atoms with Gasteiger partial charge in [0, 0.05) is 12.5 Å². The molecule has 3 rings (SSSR count). The van der Waals surface area contributed by atoms with E-state index >= 15 is 0 Å². The molecular weight excluding hydrogens is 321 g/mol. The maximum Gasteiger partial charge on any atom is 0.308 e. The second-order valence-electron chi connectivity index (χ2n) is 6.72. The minimum absolute atomic E-state index is 0.0499. The summed E-state index contributed by atoms with van der Waals surface area (Å²) in [5.41, 5.74) is 0.620. The van der Waals surface area contributed by atoms with Crippen molar-refractivity contribution in [1.29, 1.82) is 0 Å². The van der Waals surface area contributed by atoms with Crippen LogP contribution in [-0.4, -0.2) is 34.5 Å². The molecule has 1 heterocycles. The molecule has 1 aliphatic carbocycles. The Morgan fingerprint density at radius 3 is 2.72 bits per heavy atom. The van der Waals surface area contributed by atoms with Gasteiger partial charge < -0.3 is 10.0 Å². The topological polar surface area (TPSA) is 57.6 Å². The highest BCUT2D eigenvalue weighted by molar-refractivity contribution is 5.96. The number of benzene rings is 1. The van der Waals surface area contributed by atoms with Crippen LogP contribution in [0.25, 0.3) is 0 Å². The first-order valence-corrected chi connectivity index (χ1v) is 8.63. The fourth-order valence-corrected chi connectivity index (χ4v) is 3.95. The second kappa shape index (κ2) is 7.21. The maximum absolute atomic E-state index is 14.3. The quantitative estimate of drug-likeness (QED) is 0.913. The Kier molecular flexibility index (Phi) is 5.02. The molecule has 1 saturated heterocycles. The van der Waals surface area contributed by atoms with Crippen LogP contribution in [0, 0.1) is 24.6 Å². The summed E-state index contributed by atoms with van der Waals surface area (Å²) < 4.78 is 14.3. The number of amides is 1. The van der Waals surface area contributed by atoms with Crippen LogP contribution in [0.1, 0.15) is 35.2 Å². The van der Waals surface area contributed by atoms with Crippen LogP contribution in [0.15, 0.2) is 42.5 Å². The number of hydrogen-bond donors (Lipinski definition) is 1. The van der Waals surface area contributed by atoms with Gasteiger partial charge >= 0.3 is 5.97 Å². The lowest BCUT2D eigenvalue weighted by molar-refractivity contribution is -0.146. The Labute approximate surface area is 146 Å². The van der Waals surface area contributed by atoms with E-state index < -0.39 is 29.7 Å². The van der Waals surface area contributed by atoms with Gasteiger partial charge in [0.15, 0.2) is 0 Å². The van der Waals surface area contributed by atoms with Gasteiger partial charge in [-0.1, -0.05) is 36.4 Å². The zero-order valence-electron chi connectivity index (χ0n) is 14.2. The van der Waals surface area contributed by atoms with E-state index in [4.69, 9.17) is 0 Å². The Hall–Kier alpha value is -2.43. The van der Waals surface area contributed by atoms with E-state index in [2.05, 4.69) is 0 Å². The van der Waals surface area contributed by atoms with E-state index in [0.717, 1.165) is 0 Å². The molecule has 1 aliphatic heterocycles. The van der Waals surface area contributed by atoms with Crippen LogP contribution < -0.4 is 0 Å². The summed E-state index contributed by atoms with van der Waals surface area (Å²) in [6.45, 7) is 2.16. The molecule has 3 atom stereocenters. The average molecular weight is 343 g/mol. The van der Waals surface area contributed by atoms with Crippen molar-refractivity contribution in [2.24, 2.45) is 11.8 Å². The SMILES string of the molecule is Cc1cccc(F)c1C(=O)N1CCC[C@H](C(=O)O)C1[C@@H]1C=CC=CC1. The monoisotopic (exact) mass is 343 g/mol. The summed E-state index contributed by atoms with van der Waals surface area (Å²) >= 11 is 0. The molecule has 0 aromatic heterocycles. The highest BCUT2D eigenvalue weighted by atomic mass is 19.1. The number of aryl methyl sites for hydroxylation is 1. The summed E-state index contributed by atoms with van der Waals surface area (Å²) in [6, 6.07) is 4.09. The lowest BCUT2D eigenvalue weighted by Gasteiger charge is -2.43. The van der Waals surface area contributed by atoms with Gasteiger partial charge in [0.05, 0.1) is 17.5 Å². The van der Waals surface area contributed by atoms with E-state index in [1.165, 1.54) is 6.07 Å². The Balaban J connectivity index is 1.99. The largest absolute Gasteiger partial charge is 0.481 e. The van der Waals surface area contributed by atoms with Crippen LogP contribution in [-0.2, 0) is 4.79 Å². The van der Waals surface area contributed by atoms with Gasteiger partial charge in [0.1, 0.15) is 5.82 Å². The van der Waals surface area contributed by atoms with Gasteiger partial charge in [-0.3, -0.25) is 9.59 Å². The van der Waals surface area contributed by atoms with Gasteiger partial charge in [-0.25, -0.2) is 4.39 Å². The smallest absolute Gasteiger partial charge is 0.308 e. The summed E-state index contributed by atoms with van der Waals surface area (Å²) in [6.07, 6.45) is 9.58. The minimum Gasteiger partial charge on any atom is -0.481 e. The van der Waals surface area contributed by atoms with Crippen molar-refractivity contribution >= 4 is 11.9 Å². The number of likely N-dealkylation sites (tertiary alicyclic amines) is 1. The van der Waals surface area contributed by atoms with Crippen LogP contribution in [0.3, 0.4) is 0 Å². The molecule has 1 N–H and O–H groups in total. The summed E-state index contributed by atoms with van der Waals surface area (Å²) in [4.78, 5) is 26.5. The van der Waals surface area contributed by atoms with E-state index in [9.17, 15) is 19.1 Å². The van der Waals surface area contributed by atoms with E-state index in [0.29, 0.717) is 31.4 Å². The van der Waals surface area contributed by atoms with E-state index in [1.54, 1.807) is 24.0 Å². The molecule has 132 valence electrons. The zero-order valence-corrected chi connectivity index (χ0v) is 14.2. The van der Waals surface area contributed by atoms with Crippen LogP contribution in [0.4, 0.5) is 4.39 Å². The number of carboxylic acid groups (broad SMARTS) is 1. The Bertz CT molecular complexity index is 720. The zero-order chi connectivity index (χ0) is 18.0. The molecule has 4 nitrogen and oxygen atoms in total. The van der Waals surface area contributed by atoms with Gasteiger partial charge in [0.25, 0.3) is 5.91 Å². The molecule has 0 bridgehead atoms. The molecule has 25 heavy (non-hydrogen) atoms. The van der Waals surface area contributed by atoms with Gasteiger partial charge in [-0.15, -0.1) is 0 Å². The number of hydrogen-bond acceptors (Lipinski definition) is 2. The molecule has 1 aromatic carbocycles. The number of halogens is 1. The standard InChI is InChI=1S/C20H22FNO3/c1-13-7-5-11-16(21)17(13)19(23)22-12-6-10-15(20(24)25)18(22)14-8-3-2-4-9-14/h2-5,7-8,11,14-15,18H,6,9-10,12H2,1H3,(H,24,25)/t14-,15+,18?/m1/s1. The first-order valence-electron chi connectivity index (χ1n) is 8.63. The predicted octanol–water partition coefficient (Wildman–Crippen LogP) is 3.57. The van der Waals surface area contributed by atoms with Crippen LogP contribution >= 0.6 is 0 Å². The molecule has 0 radical (unpaired) electrons. The number of piperidine rings is 1. The summed E-state index contributed by atoms with van der Waals surface area (Å²) in [5.74, 6) is -2.56. The van der Waals surface area contributed by atoms with Crippen molar-refractivity contribution in [3.8, 4) is 0 Å². The molecule has 5 heteroatoms. The number of nitrogens with zero attached hydrogens (tertiary/aromatic N) is 1. The lowest BCUT2D eigenvalue weighted by Crippen LogP contribution is -2.54. The predicted molar refractivity (Wildman–Crippen MR) is 92.7 cm³/mol. The Morgan fingerprint density at radius 2 is 2.08 bits per heavy atom. The van der Waals surface area contributed by atoms with Gasteiger partial charge in [-0.05, 0) is 37.8 Å². The van der Waals surface area contributed by atoms with Crippen molar-refractivity contribution in [2.75, 3.05) is 6.54 Å². The number of carbonyl (C=O) groups is 2. The fraction of sp³-hybridized carbons (Fsp3) is 0.400. The molecule has 2 aliphatic rings. The van der Waals surface area contributed by atoms with Crippen molar-refractivity contribution < 1.29 is 19.1 Å². The van der Waals surface area contributed by atoms with E-state index in [-0.39, 0.29) is 11.5 Å². The van der Waals surface area contributed by atoms with E-state index in [1.807, 2.05) is 24.3 Å². The van der Waals surface area contributed by atoms with Gasteiger partial charge in [-0.2, -0.15) is 0 Å². The highest BCUT2D eigenvalue weighted by Gasteiger charge is 2.42. The molecular formula is C20H22FNO3. The maximum atomic E-state index is 14.3. The van der Waals surface area contributed by atoms with Crippen molar-refractivity contribution in [1.82, 2.24) is 4.90 Å². The molecule has 0 spiro atoms. The fourth-order valence-electron chi connectivity index (χ4n) is 3.95. The molecule has 0 saturated carbocycles. The summed E-state index contributed by atoms with van der Waals surface area (Å²) in [5, 5.41) is 9.66. The summed E-state index contributed by atoms with van der Waals surface area (Å²) in [7, 11) is 0. The number of carboxylic acids is 1. The van der Waals surface area contributed by atoms with Crippen molar-refractivity contribution in [3.63, 3.8) is 0 Å². The number of aliphatic carboxylic acids is 1. The normalized spacial score (nSPS) is 25.8. The third kappa shape index (κ3) is 3.36. The minimum atomic E-state index is -0.893. The van der Waals surface area contributed by atoms with Crippen LogP contribution in [0.5, 0.6) is 0 Å². The first kappa shape index (κ1) is 17.4. The highest BCUT2D eigenvalue weighted by Crippen LogP contribution is 2.34. The molecule has 1 unspecified atom stereocenters.